The van der Waals surface area contributed by atoms with Crippen molar-refractivity contribution in [2.45, 2.75) is 43.7 Å². The summed E-state index contributed by atoms with van der Waals surface area (Å²) in [5, 5.41) is 10.4. The van der Waals surface area contributed by atoms with Gasteiger partial charge < -0.3 is 10.0 Å². The molecule has 1 aliphatic carbocycles. The number of halogens is 1. The molecule has 1 atom stereocenters. The molecule has 0 radical (unpaired) electrons. The van der Waals surface area contributed by atoms with Crippen molar-refractivity contribution in [3.05, 3.63) is 34.3 Å². The van der Waals surface area contributed by atoms with Crippen LogP contribution in [0, 0.1) is 0 Å². The first-order chi connectivity index (χ1) is 11.0. The number of hydrogen-bond acceptors (Lipinski definition) is 3. The minimum Gasteiger partial charge on any atom is -0.387 e. The van der Waals surface area contributed by atoms with Crippen molar-refractivity contribution >= 4 is 27.9 Å². The Labute approximate surface area is 144 Å². The van der Waals surface area contributed by atoms with E-state index in [2.05, 4.69) is 15.9 Å². The van der Waals surface area contributed by atoms with Gasteiger partial charge in [0.1, 0.15) is 5.54 Å². The van der Waals surface area contributed by atoms with Gasteiger partial charge in [-0.15, -0.1) is 0 Å². The van der Waals surface area contributed by atoms with Crippen molar-refractivity contribution in [1.82, 2.24) is 9.80 Å². The van der Waals surface area contributed by atoms with Gasteiger partial charge in [-0.2, -0.15) is 0 Å². The van der Waals surface area contributed by atoms with Gasteiger partial charge in [0.15, 0.2) is 0 Å². The van der Waals surface area contributed by atoms with Crippen LogP contribution < -0.4 is 0 Å². The minimum absolute atomic E-state index is 0.000208. The molecule has 1 heterocycles. The molecule has 0 bridgehead atoms. The average Bonchev–Trinajstić information content (AvgIpc) is 2.72. The Kier molecular flexibility index (Phi) is 4.47. The van der Waals surface area contributed by atoms with Gasteiger partial charge in [-0.3, -0.25) is 9.69 Å². The number of hydrogen-bond donors (Lipinski definition) is 1. The summed E-state index contributed by atoms with van der Waals surface area (Å²) in [6, 6.07) is 6.99. The number of benzene rings is 1. The number of urea groups is 1. The lowest BCUT2D eigenvalue weighted by atomic mass is 9.80. The third-order valence-corrected chi connectivity index (χ3v) is 5.57. The van der Waals surface area contributed by atoms with E-state index in [0.717, 1.165) is 36.6 Å². The molecule has 124 valence electrons. The predicted octanol–water partition coefficient (Wildman–Crippen LogP) is 3.08. The van der Waals surface area contributed by atoms with E-state index < -0.39 is 11.6 Å². The molecule has 6 heteroatoms. The highest BCUT2D eigenvalue weighted by Gasteiger charge is 2.55. The highest BCUT2D eigenvalue weighted by molar-refractivity contribution is 9.10. The zero-order valence-corrected chi connectivity index (χ0v) is 14.8. The van der Waals surface area contributed by atoms with Crippen molar-refractivity contribution < 1.29 is 14.7 Å². The topological polar surface area (TPSA) is 60.9 Å². The summed E-state index contributed by atoms with van der Waals surface area (Å²) in [6.07, 6.45) is 3.59. The molecule has 1 saturated carbocycles. The van der Waals surface area contributed by atoms with Crippen molar-refractivity contribution in [3.63, 3.8) is 0 Å². The van der Waals surface area contributed by atoms with Crippen LogP contribution in [0.4, 0.5) is 4.79 Å². The number of rotatable bonds is 3. The number of carbonyl (C=O) groups excluding carboxylic acids is 2. The number of likely N-dealkylation sites (N-methyl/N-ethyl adjacent to an activating group) is 1. The van der Waals surface area contributed by atoms with E-state index in [1.54, 1.807) is 24.1 Å². The molecule has 2 aliphatic rings. The highest BCUT2D eigenvalue weighted by Crippen LogP contribution is 2.40. The molecule has 1 saturated heterocycles. The fourth-order valence-corrected chi connectivity index (χ4v) is 4.10. The van der Waals surface area contributed by atoms with E-state index in [0.29, 0.717) is 5.56 Å². The van der Waals surface area contributed by atoms with Crippen LogP contribution in [0.5, 0.6) is 0 Å². The molecular formula is C17H21BrN2O3. The fraction of sp³-hybridized carbons (Fsp3) is 0.529. The van der Waals surface area contributed by atoms with Crippen LogP contribution in [-0.4, -0.2) is 46.0 Å². The van der Waals surface area contributed by atoms with Crippen molar-refractivity contribution in [3.8, 4) is 0 Å². The normalized spacial score (nSPS) is 22.0. The van der Waals surface area contributed by atoms with Crippen LogP contribution in [0.1, 0.15) is 43.8 Å². The van der Waals surface area contributed by atoms with Crippen molar-refractivity contribution in [2.24, 2.45) is 0 Å². The summed E-state index contributed by atoms with van der Waals surface area (Å²) in [5.41, 5.74) is -0.000927. The maximum atomic E-state index is 12.9. The van der Waals surface area contributed by atoms with Crippen LogP contribution in [0.25, 0.3) is 0 Å². The van der Waals surface area contributed by atoms with Gasteiger partial charge in [-0.25, -0.2) is 4.79 Å². The molecule has 1 aromatic carbocycles. The van der Waals surface area contributed by atoms with Crippen molar-refractivity contribution in [1.29, 1.82) is 0 Å². The lowest BCUT2D eigenvalue weighted by Gasteiger charge is -2.35. The third kappa shape index (κ3) is 2.78. The zero-order valence-electron chi connectivity index (χ0n) is 13.2. The summed E-state index contributed by atoms with van der Waals surface area (Å²) in [6.45, 7) is 0.000208. The Balaban J connectivity index is 1.80. The number of imide groups is 1. The lowest BCUT2D eigenvalue weighted by Crippen LogP contribution is -2.49. The number of β-amino-alcohol motifs (C(OH)–C–C–N with tert-alkyl or cyclic N) is 1. The van der Waals surface area contributed by atoms with Crippen LogP contribution >= 0.6 is 15.9 Å². The summed E-state index contributed by atoms with van der Waals surface area (Å²) in [7, 11) is 1.71. The van der Waals surface area contributed by atoms with Crippen LogP contribution in [-0.2, 0) is 4.79 Å². The fourth-order valence-electron chi connectivity index (χ4n) is 3.68. The molecule has 0 unspecified atom stereocenters. The SMILES string of the molecule is CN1C(=O)N(C[C@@H](O)c2cccc(Br)c2)C(=O)C12CCCCC2. The Morgan fingerprint density at radius 1 is 1.26 bits per heavy atom. The molecule has 1 spiro atoms. The maximum absolute atomic E-state index is 12.9. The summed E-state index contributed by atoms with van der Waals surface area (Å²) >= 11 is 3.37. The second kappa shape index (κ2) is 6.24. The van der Waals surface area contributed by atoms with E-state index in [1.807, 2.05) is 12.1 Å². The molecule has 3 amide bonds. The lowest BCUT2D eigenvalue weighted by molar-refractivity contribution is -0.135. The molecule has 23 heavy (non-hydrogen) atoms. The standard InChI is InChI=1S/C17H21BrN2O3/c1-19-16(23)20(15(22)17(19)8-3-2-4-9-17)11-14(21)12-6-5-7-13(18)10-12/h5-7,10,14,21H,2-4,8-9,11H2,1H3/t14-/m1/s1. The smallest absolute Gasteiger partial charge is 0.327 e. The van der Waals surface area contributed by atoms with E-state index in [4.69, 9.17) is 0 Å². The molecule has 1 aromatic rings. The van der Waals surface area contributed by atoms with Gasteiger partial charge in [0.25, 0.3) is 5.91 Å². The Bertz CT molecular complexity index is 628. The number of aliphatic hydroxyl groups excluding tert-OH is 1. The van der Waals surface area contributed by atoms with Crippen LogP contribution in [0.15, 0.2) is 28.7 Å². The summed E-state index contributed by atoms with van der Waals surface area (Å²) in [5.74, 6) is -0.154. The molecule has 0 aromatic heterocycles. The number of nitrogens with zero attached hydrogens (tertiary/aromatic N) is 2. The van der Waals surface area contributed by atoms with E-state index in [9.17, 15) is 14.7 Å². The molecular weight excluding hydrogens is 360 g/mol. The second-order valence-corrected chi connectivity index (χ2v) is 7.34. The van der Waals surface area contributed by atoms with E-state index >= 15 is 0 Å². The Morgan fingerprint density at radius 2 is 1.96 bits per heavy atom. The second-order valence-electron chi connectivity index (χ2n) is 6.42. The molecule has 1 N–H and O–H groups in total. The predicted molar refractivity (Wildman–Crippen MR) is 89.8 cm³/mol. The molecule has 5 nitrogen and oxygen atoms in total. The molecule has 1 aliphatic heterocycles. The van der Waals surface area contributed by atoms with Gasteiger partial charge in [0, 0.05) is 11.5 Å². The Morgan fingerprint density at radius 3 is 2.61 bits per heavy atom. The quantitative estimate of drug-likeness (QED) is 0.819. The van der Waals surface area contributed by atoms with Gasteiger partial charge >= 0.3 is 6.03 Å². The number of aliphatic hydroxyl groups is 1. The monoisotopic (exact) mass is 380 g/mol. The summed E-state index contributed by atoms with van der Waals surface area (Å²) in [4.78, 5) is 28.2. The molecule has 3 rings (SSSR count). The van der Waals surface area contributed by atoms with Gasteiger partial charge in [-0.1, -0.05) is 47.3 Å². The van der Waals surface area contributed by atoms with Crippen LogP contribution in [0.3, 0.4) is 0 Å². The maximum Gasteiger partial charge on any atom is 0.327 e. The van der Waals surface area contributed by atoms with Gasteiger partial charge in [0.05, 0.1) is 12.6 Å². The van der Waals surface area contributed by atoms with Crippen molar-refractivity contribution in [2.75, 3.05) is 13.6 Å². The van der Waals surface area contributed by atoms with E-state index in [1.165, 1.54) is 4.90 Å². The zero-order chi connectivity index (χ0) is 16.6. The number of amides is 3. The van der Waals surface area contributed by atoms with Gasteiger partial charge in [-0.05, 0) is 30.5 Å². The first-order valence-corrected chi connectivity index (χ1v) is 8.78. The highest BCUT2D eigenvalue weighted by atomic mass is 79.9. The van der Waals surface area contributed by atoms with Crippen LogP contribution in [0.2, 0.25) is 0 Å². The van der Waals surface area contributed by atoms with E-state index in [-0.39, 0.29) is 18.5 Å². The molecule has 2 fully saturated rings. The first kappa shape index (κ1) is 16.5. The minimum atomic E-state index is -0.882. The van der Waals surface area contributed by atoms with Gasteiger partial charge in [0.2, 0.25) is 0 Å². The third-order valence-electron chi connectivity index (χ3n) is 5.07. The number of carbonyl (C=O) groups is 2. The largest absolute Gasteiger partial charge is 0.387 e. The first-order valence-electron chi connectivity index (χ1n) is 7.99. The average molecular weight is 381 g/mol. The Hall–Kier alpha value is -1.40. The summed E-state index contributed by atoms with van der Waals surface area (Å²) < 4.78 is 0.856.